The number of pyridine rings is 1. The Balaban J connectivity index is 1.65. The fourth-order valence-corrected chi connectivity index (χ4v) is 3.04. The molecule has 2 heterocycles. The molecule has 4 nitrogen and oxygen atoms in total. The zero-order valence-electron chi connectivity index (χ0n) is 13.8. The molecule has 1 N–H and O–H groups in total. The molecule has 1 amide bonds. The summed E-state index contributed by atoms with van der Waals surface area (Å²) < 4.78 is 0. The molecule has 2 aromatic rings. The van der Waals surface area contributed by atoms with Crippen molar-refractivity contribution in [3.8, 4) is 0 Å². The first-order valence-corrected chi connectivity index (χ1v) is 8.19. The molecule has 1 aliphatic rings. The van der Waals surface area contributed by atoms with E-state index in [1.54, 1.807) is 0 Å². The van der Waals surface area contributed by atoms with Gasteiger partial charge in [-0.1, -0.05) is 17.7 Å². The Kier molecular flexibility index (Phi) is 4.60. The van der Waals surface area contributed by atoms with Crippen molar-refractivity contribution in [2.75, 3.05) is 18.0 Å². The summed E-state index contributed by atoms with van der Waals surface area (Å²) in [5.41, 5.74) is 4.00. The van der Waals surface area contributed by atoms with Gasteiger partial charge < -0.3 is 10.2 Å². The van der Waals surface area contributed by atoms with E-state index in [4.69, 9.17) is 0 Å². The van der Waals surface area contributed by atoms with Crippen molar-refractivity contribution in [1.29, 1.82) is 0 Å². The predicted molar refractivity (Wildman–Crippen MR) is 92.8 cm³/mol. The molecule has 0 radical (unpaired) electrons. The number of nitrogens with one attached hydrogen (secondary N) is 1. The molecule has 0 atom stereocenters. The van der Waals surface area contributed by atoms with E-state index in [0.29, 0.717) is 6.54 Å². The molecule has 3 rings (SSSR count). The van der Waals surface area contributed by atoms with Crippen molar-refractivity contribution in [2.45, 2.75) is 33.2 Å². The highest BCUT2D eigenvalue weighted by atomic mass is 16.1. The minimum atomic E-state index is -0.0259. The standard InChI is InChI=1S/C19H23N3O/c1-14-5-6-17(15(2)11-14)19(23)21-13-16-7-8-20-18(12-16)22-9-3-4-10-22/h5-8,11-12H,3-4,9-10,13H2,1-2H3,(H,21,23). The summed E-state index contributed by atoms with van der Waals surface area (Å²) >= 11 is 0. The Labute approximate surface area is 137 Å². The van der Waals surface area contributed by atoms with E-state index in [9.17, 15) is 4.79 Å². The first-order valence-electron chi connectivity index (χ1n) is 8.19. The van der Waals surface area contributed by atoms with Crippen LogP contribution in [0.5, 0.6) is 0 Å². The molecule has 0 bridgehead atoms. The maximum Gasteiger partial charge on any atom is 0.251 e. The zero-order valence-corrected chi connectivity index (χ0v) is 13.8. The molecule has 0 unspecified atom stereocenters. The Morgan fingerprint density at radius 3 is 2.70 bits per heavy atom. The van der Waals surface area contributed by atoms with Crippen molar-refractivity contribution >= 4 is 11.7 Å². The first kappa shape index (κ1) is 15.5. The number of hydrogen-bond donors (Lipinski definition) is 1. The summed E-state index contributed by atoms with van der Waals surface area (Å²) in [5, 5.41) is 3.01. The Morgan fingerprint density at radius 2 is 1.96 bits per heavy atom. The van der Waals surface area contributed by atoms with E-state index in [-0.39, 0.29) is 5.91 Å². The molecule has 0 saturated carbocycles. The van der Waals surface area contributed by atoms with Crippen LogP contribution in [0.25, 0.3) is 0 Å². The van der Waals surface area contributed by atoms with E-state index in [0.717, 1.165) is 35.6 Å². The normalized spacial score (nSPS) is 14.1. The zero-order chi connectivity index (χ0) is 16.2. The highest BCUT2D eigenvalue weighted by molar-refractivity contribution is 5.95. The van der Waals surface area contributed by atoms with E-state index in [1.807, 2.05) is 44.3 Å². The summed E-state index contributed by atoms with van der Waals surface area (Å²) in [7, 11) is 0. The predicted octanol–water partition coefficient (Wildman–Crippen LogP) is 3.23. The minimum Gasteiger partial charge on any atom is -0.357 e. The van der Waals surface area contributed by atoms with Crippen molar-refractivity contribution in [2.24, 2.45) is 0 Å². The maximum atomic E-state index is 12.4. The van der Waals surface area contributed by atoms with Gasteiger partial charge in [0.1, 0.15) is 5.82 Å². The summed E-state index contributed by atoms with van der Waals surface area (Å²) in [6.45, 7) is 6.68. The molecule has 120 valence electrons. The van der Waals surface area contributed by atoms with Crippen LogP contribution in [0, 0.1) is 13.8 Å². The molecule has 4 heteroatoms. The second-order valence-electron chi connectivity index (χ2n) is 6.22. The van der Waals surface area contributed by atoms with Crippen LogP contribution in [0.3, 0.4) is 0 Å². The van der Waals surface area contributed by atoms with Crippen molar-refractivity contribution in [3.05, 3.63) is 58.8 Å². The number of rotatable bonds is 4. The van der Waals surface area contributed by atoms with Crippen LogP contribution < -0.4 is 10.2 Å². The van der Waals surface area contributed by atoms with E-state index in [1.165, 1.54) is 18.4 Å². The fraction of sp³-hybridized carbons (Fsp3) is 0.368. The number of carbonyl (C=O) groups excluding carboxylic acids is 1. The number of hydrogen-bond acceptors (Lipinski definition) is 3. The highest BCUT2D eigenvalue weighted by Gasteiger charge is 2.14. The SMILES string of the molecule is Cc1ccc(C(=O)NCc2ccnc(N3CCCC3)c2)c(C)c1. The van der Waals surface area contributed by atoms with Gasteiger partial charge in [-0.25, -0.2) is 4.98 Å². The smallest absolute Gasteiger partial charge is 0.251 e. The molecule has 1 saturated heterocycles. The van der Waals surface area contributed by atoms with Crippen LogP contribution in [0.1, 0.15) is 39.9 Å². The molecular weight excluding hydrogens is 286 g/mol. The van der Waals surface area contributed by atoms with Gasteiger partial charge in [0.25, 0.3) is 5.91 Å². The summed E-state index contributed by atoms with van der Waals surface area (Å²) in [6, 6.07) is 9.93. The number of amides is 1. The lowest BCUT2D eigenvalue weighted by atomic mass is 10.1. The van der Waals surface area contributed by atoms with Crippen LogP contribution in [-0.2, 0) is 6.54 Å². The molecule has 0 spiro atoms. The summed E-state index contributed by atoms with van der Waals surface area (Å²) in [4.78, 5) is 19.1. The van der Waals surface area contributed by atoms with Crippen molar-refractivity contribution < 1.29 is 4.79 Å². The monoisotopic (exact) mass is 309 g/mol. The lowest BCUT2D eigenvalue weighted by Crippen LogP contribution is -2.24. The van der Waals surface area contributed by atoms with Crippen molar-refractivity contribution in [3.63, 3.8) is 0 Å². The Bertz CT molecular complexity index is 706. The Morgan fingerprint density at radius 1 is 1.17 bits per heavy atom. The highest BCUT2D eigenvalue weighted by Crippen LogP contribution is 2.18. The van der Waals surface area contributed by atoms with Gasteiger partial charge in [0, 0.05) is 31.4 Å². The summed E-state index contributed by atoms with van der Waals surface area (Å²) in [6.07, 6.45) is 4.29. The average Bonchev–Trinajstić information content (AvgIpc) is 3.07. The van der Waals surface area contributed by atoms with Crippen LogP contribution in [0.4, 0.5) is 5.82 Å². The average molecular weight is 309 g/mol. The Hall–Kier alpha value is -2.36. The van der Waals surface area contributed by atoms with E-state index < -0.39 is 0 Å². The second-order valence-corrected chi connectivity index (χ2v) is 6.22. The molecule has 1 aromatic carbocycles. The molecule has 0 aliphatic carbocycles. The maximum absolute atomic E-state index is 12.4. The number of aryl methyl sites for hydroxylation is 2. The van der Waals surface area contributed by atoms with Crippen LogP contribution in [0.2, 0.25) is 0 Å². The third-order valence-corrected chi connectivity index (χ3v) is 4.32. The molecule has 1 aromatic heterocycles. The molecule has 1 aliphatic heterocycles. The topological polar surface area (TPSA) is 45.2 Å². The van der Waals surface area contributed by atoms with Gasteiger partial charge in [-0.2, -0.15) is 0 Å². The first-order chi connectivity index (χ1) is 11.1. The second kappa shape index (κ2) is 6.82. The molecule has 1 fully saturated rings. The van der Waals surface area contributed by atoms with Gasteiger partial charge in [-0.3, -0.25) is 4.79 Å². The van der Waals surface area contributed by atoms with Gasteiger partial charge in [0.2, 0.25) is 0 Å². The molecule has 23 heavy (non-hydrogen) atoms. The van der Waals surface area contributed by atoms with Gasteiger partial charge in [0.05, 0.1) is 0 Å². The van der Waals surface area contributed by atoms with Crippen LogP contribution in [0.15, 0.2) is 36.5 Å². The van der Waals surface area contributed by atoms with Crippen LogP contribution >= 0.6 is 0 Å². The van der Waals surface area contributed by atoms with Gasteiger partial charge in [-0.15, -0.1) is 0 Å². The lowest BCUT2D eigenvalue weighted by molar-refractivity contribution is 0.0950. The number of aromatic nitrogens is 1. The quantitative estimate of drug-likeness (QED) is 0.943. The number of carbonyl (C=O) groups is 1. The largest absolute Gasteiger partial charge is 0.357 e. The third kappa shape index (κ3) is 3.70. The number of benzene rings is 1. The van der Waals surface area contributed by atoms with E-state index >= 15 is 0 Å². The van der Waals surface area contributed by atoms with Gasteiger partial charge in [-0.05, 0) is 56.0 Å². The third-order valence-electron chi connectivity index (χ3n) is 4.32. The van der Waals surface area contributed by atoms with Gasteiger partial charge >= 0.3 is 0 Å². The number of nitrogens with zero attached hydrogens (tertiary/aromatic N) is 2. The van der Waals surface area contributed by atoms with Gasteiger partial charge in [0.15, 0.2) is 0 Å². The summed E-state index contributed by atoms with van der Waals surface area (Å²) in [5.74, 6) is 0.989. The minimum absolute atomic E-state index is 0.0259. The number of anilines is 1. The van der Waals surface area contributed by atoms with Crippen LogP contribution in [-0.4, -0.2) is 24.0 Å². The van der Waals surface area contributed by atoms with E-state index in [2.05, 4.69) is 21.3 Å². The molecular formula is C19H23N3O. The fourth-order valence-electron chi connectivity index (χ4n) is 3.04. The van der Waals surface area contributed by atoms with Crippen molar-refractivity contribution in [1.82, 2.24) is 10.3 Å². The lowest BCUT2D eigenvalue weighted by Gasteiger charge is -2.17.